The van der Waals surface area contributed by atoms with Crippen molar-refractivity contribution in [3.05, 3.63) is 137 Å². The van der Waals surface area contributed by atoms with Gasteiger partial charge in [0, 0.05) is 43.9 Å². The zero-order valence-electron chi connectivity index (χ0n) is 38.5. The minimum atomic E-state index is -0.00684. The Bertz CT molecular complexity index is 3010. The maximum Gasteiger partial charge on any atom is 0.252 e. The van der Waals surface area contributed by atoms with Gasteiger partial charge >= 0.3 is 0 Å². The summed E-state index contributed by atoms with van der Waals surface area (Å²) in [7, 11) is 0. The van der Waals surface area contributed by atoms with Gasteiger partial charge in [-0.05, 0) is 158 Å². The molecule has 6 aromatic carbocycles. The van der Waals surface area contributed by atoms with Gasteiger partial charge in [0.1, 0.15) is 0 Å². The maximum atomic E-state index is 2.69. The van der Waals surface area contributed by atoms with Crippen LogP contribution in [0.2, 0.25) is 0 Å². The van der Waals surface area contributed by atoms with E-state index >= 15 is 0 Å². The Kier molecular flexibility index (Phi) is 8.11. The van der Waals surface area contributed by atoms with E-state index in [2.05, 4.69) is 196 Å². The highest BCUT2D eigenvalue weighted by molar-refractivity contribution is 7.26. The molecule has 308 valence electrons. The first-order valence-electron chi connectivity index (χ1n) is 22.9. The minimum absolute atomic E-state index is 0.00684. The van der Waals surface area contributed by atoms with Crippen molar-refractivity contribution in [3.8, 4) is 0 Å². The zero-order valence-corrected chi connectivity index (χ0v) is 39.3. The Morgan fingerprint density at radius 1 is 0.508 bits per heavy atom. The summed E-state index contributed by atoms with van der Waals surface area (Å²) in [5.41, 5.74) is 21.1. The number of nitrogens with zero attached hydrogens (tertiary/aromatic N) is 2. The van der Waals surface area contributed by atoms with Crippen LogP contribution in [0.1, 0.15) is 135 Å². The molecule has 11 rings (SSSR count). The molecule has 61 heavy (non-hydrogen) atoms. The fraction of sp³-hybridized carbons (Fsp3) is 0.368. The van der Waals surface area contributed by atoms with Crippen LogP contribution in [0.3, 0.4) is 0 Å². The van der Waals surface area contributed by atoms with Gasteiger partial charge in [0.25, 0.3) is 6.71 Å². The summed E-state index contributed by atoms with van der Waals surface area (Å²) in [4.78, 5) is 5.36. The van der Waals surface area contributed by atoms with Crippen LogP contribution in [0.15, 0.2) is 103 Å². The molecule has 0 amide bonds. The molecule has 4 heteroatoms. The van der Waals surface area contributed by atoms with Gasteiger partial charge in [-0.15, -0.1) is 11.3 Å². The quantitative estimate of drug-likeness (QED) is 0.160. The predicted octanol–water partition coefficient (Wildman–Crippen LogP) is 14.4. The highest BCUT2D eigenvalue weighted by Gasteiger charge is 2.47. The Morgan fingerprint density at radius 3 is 1.79 bits per heavy atom. The summed E-state index contributed by atoms with van der Waals surface area (Å²) in [6.07, 6.45) is 4.78. The predicted molar refractivity (Wildman–Crippen MR) is 267 cm³/mol. The van der Waals surface area contributed by atoms with E-state index < -0.39 is 0 Å². The van der Waals surface area contributed by atoms with Crippen LogP contribution in [0.4, 0.5) is 34.1 Å². The molecule has 2 aliphatic carbocycles. The third-order valence-corrected chi connectivity index (χ3v) is 17.0. The van der Waals surface area contributed by atoms with Crippen molar-refractivity contribution in [2.45, 2.75) is 136 Å². The average molecular weight is 817 g/mol. The van der Waals surface area contributed by atoms with Crippen molar-refractivity contribution < 1.29 is 0 Å². The van der Waals surface area contributed by atoms with Crippen LogP contribution >= 0.6 is 11.3 Å². The van der Waals surface area contributed by atoms with Crippen LogP contribution in [0.5, 0.6) is 0 Å². The number of aryl methyl sites for hydroxylation is 1. The molecule has 0 fully saturated rings. The molecule has 0 saturated carbocycles. The van der Waals surface area contributed by atoms with Crippen molar-refractivity contribution in [1.82, 2.24) is 0 Å². The number of anilines is 6. The normalized spacial score (nSPS) is 19.0. The number of hydrogen-bond donors (Lipinski definition) is 0. The molecule has 0 saturated heterocycles. The molecule has 4 aliphatic rings. The van der Waals surface area contributed by atoms with E-state index in [1.165, 1.54) is 130 Å². The summed E-state index contributed by atoms with van der Waals surface area (Å²) >= 11 is 1.93. The average Bonchev–Trinajstić information content (AvgIpc) is 3.59. The molecule has 0 atom stereocenters. The number of rotatable bonds is 2. The second-order valence-corrected chi connectivity index (χ2v) is 23.9. The molecule has 0 bridgehead atoms. The Morgan fingerprint density at radius 2 is 1.10 bits per heavy atom. The Balaban J connectivity index is 1.27. The van der Waals surface area contributed by atoms with Gasteiger partial charge in [-0.1, -0.05) is 131 Å². The van der Waals surface area contributed by atoms with E-state index in [9.17, 15) is 0 Å². The lowest BCUT2D eigenvalue weighted by molar-refractivity contribution is 0.332. The molecule has 0 spiro atoms. The van der Waals surface area contributed by atoms with Crippen LogP contribution in [-0.2, 0) is 27.1 Å². The molecular formula is C57H61BN2S. The minimum Gasteiger partial charge on any atom is -0.311 e. The van der Waals surface area contributed by atoms with Crippen LogP contribution in [-0.4, -0.2) is 6.71 Å². The van der Waals surface area contributed by atoms with Gasteiger partial charge in [0.2, 0.25) is 0 Å². The first-order valence-corrected chi connectivity index (χ1v) is 23.7. The second kappa shape index (κ2) is 12.7. The Hall–Kier alpha value is -4.80. The van der Waals surface area contributed by atoms with E-state index in [1.807, 2.05) is 11.3 Å². The molecule has 3 heterocycles. The van der Waals surface area contributed by atoms with Crippen molar-refractivity contribution in [3.63, 3.8) is 0 Å². The number of hydrogen-bond acceptors (Lipinski definition) is 3. The summed E-state index contributed by atoms with van der Waals surface area (Å²) in [5.74, 6) is 0. The van der Waals surface area contributed by atoms with E-state index in [1.54, 1.807) is 0 Å². The molecule has 0 radical (unpaired) electrons. The maximum absolute atomic E-state index is 2.69. The fourth-order valence-corrected chi connectivity index (χ4v) is 13.0. The number of benzene rings is 6. The molecule has 1 aromatic heterocycles. The van der Waals surface area contributed by atoms with E-state index in [-0.39, 0.29) is 33.8 Å². The van der Waals surface area contributed by atoms with Crippen molar-refractivity contribution in [2.24, 2.45) is 0 Å². The fourth-order valence-electron chi connectivity index (χ4n) is 11.8. The summed E-state index contributed by atoms with van der Waals surface area (Å²) in [6.45, 7) is 29.2. The third-order valence-electron chi connectivity index (χ3n) is 15.8. The summed E-state index contributed by atoms with van der Waals surface area (Å²) < 4.78 is 2.68. The van der Waals surface area contributed by atoms with Crippen LogP contribution in [0, 0.1) is 6.92 Å². The van der Waals surface area contributed by atoms with Gasteiger partial charge in [-0.2, -0.15) is 0 Å². The SMILES string of the molecule is Cc1cc2c3c(c1)N(c1cccc4c1sc1ccccc14)c1cc(C(C)(C)C)ccc1B3c1cc3c(cc1N2c1ccc2c(c1)C(C)(C)CCC2(C)C)C(C)(C)CCC3(C)C. The molecule has 0 unspecified atom stereocenters. The van der Waals surface area contributed by atoms with Gasteiger partial charge in [0.05, 0.1) is 10.4 Å². The standard InChI is InChI=1S/C57H61BN2S/c1-34-28-48-51-49(29-34)60(45-18-15-17-38-37-16-13-14-19-50(37)61-52(38)45)46-30-35(53(2,3)4)20-23-43(46)58(51)44-32-41-42(57(11,12)27-26-56(41,9)10)33-47(44)59(48)36-21-22-39-40(31-36)55(7,8)25-24-54(39,5)6/h13-23,28-33H,24-27H2,1-12H3. The van der Waals surface area contributed by atoms with Crippen molar-refractivity contribution in [1.29, 1.82) is 0 Å². The first-order chi connectivity index (χ1) is 28.7. The Labute approximate surface area is 369 Å². The van der Waals surface area contributed by atoms with E-state index in [0.717, 1.165) is 0 Å². The molecule has 0 N–H and O–H groups in total. The van der Waals surface area contributed by atoms with Crippen LogP contribution in [0.25, 0.3) is 20.2 Å². The summed E-state index contributed by atoms with van der Waals surface area (Å²) in [5, 5.41) is 2.67. The van der Waals surface area contributed by atoms with Gasteiger partial charge in [-0.3, -0.25) is 0 Å². The topological polar surface area (TPSA) is 6.48 Å². The molecule has 2 nitrogen and oxygen atoms in total. The van der Waals surface area contributed by atoms with Gasteiger partial charge in [-0.25, -0.2) is 0 Å². The lowest BCUT2D eigenvalue weighted by atomic mass is 9.33. The van der Waals surface area contributed by atoms with Crippen molar-refractivity contribution >= 4 is 88.7 Å². The van der Waals surface area contributed by atoms with E-state index in [4.69, 9.17) is 0 Å². The highest BCUT2D eigenvalue weighted by Crippen LogP contribution is 2.53. The zero-order chi connectivity index (χ0) is 42.8. The first kappa shape index (κ1) is 39.1. The summed E-state index contributed by atoms with van der Waals surface area (Å²) in [6, 6.07) is 41.3. The lowest BCUT2D eigenvalue weighted by Crippen LogP contribution is -2.62. The van der Waals surface area contributed by atoms with Crippen molar-refractivity contribution in [2.75, 3.05) is 9.80 Å². The monoisotopic (exact) mass is 816 g/mol. The van der Waals surface area contributed by atoms with Gasteiger partial charge in [0.15, 0.2) is 0 Å². The molecule has 2 aliphatic heterocycles. The molecule has 7 aromatic rings. The van der Waals surface area contributed by atoms with Crippen LogP contribution < -0.4 is 26.2 Å². The smallest absolute Gasteiger partial charge is 0.252 e. The highest BCUT2D eigenvalue weighted by atomic mass is 32.1. The van der Waals surface area contributed by atoms with Gasteiger partial charge < -0.3 is 9.80 Å². The largest absolute Gasteiger partial charge is 0.311 e. The third kappa shape index (κ3) is 5.66. The number of fused-ring (bicyclic) bond motifs is 9. The number of thiophene rings is 1. The lowest BCUT2D eigenvalue weighted by Gasteiger charge is -2.48. The second-order valence-electron chi connectivity index (χ2n) is 22.8. The molecular weight excluding hydrogens is 756 g/mol. The van der Waals surface area contributed by atoms with E-state index in [0.29, 0.717) is 0 Å².